The van der Waals surface area contributed by atoms with E-state index in [0.717, 1.165) is 29.1 Å². The first-order chi connectivity index (χ1) is 17.5. The van der Waals surface area contributed by atoms with Gasteiger partial charge in [-0.3, -0.25) is 9.20 Å². The third-order valence-corrected chi connectivity index (χ3v) is 6.77. The van der Waals surface area contributed by atoms with Crippen LogP contribution in [0.3, 0.4) is 0 Å². The van der Waals surface area contributed by atoms with Gasteiger partial charge in [0.1, 0.15) is 5.82 Å². The molecule has 1 saturated heterocycles. The van der Waals surface area contributed by atoms with E-state index in [4.69, 9.17) is 4.74 Å². The second kappa shape index (κ2) is 8.89. The molecule has 184 valence electrons. The number of aliphatic hydroxyl groups is 1. The zero-order valence-corrected chi connectivity index (χ0v) is 19.7. The maximum absolute atomic E-state index is 14.6. The Hall–Kier alpha value is -4.02. The third kappa shape index (κ3) is 3.75. The molecule has 10 heteroatoms. The fourth-order valence-corrected chi connectivity index (χ4v) is 4.85. The molecule has 2 aliphatic rings. The van der Waals surface area contributed by atoms with Crippen molar-refractivity contribution in [2.75, 3.05) is 36.5 Å². The molecule has 0 saturated carbocycles. The average molecular weight is 489 g/mol. The zero-order valence-electron chi connectivity index (χ0n) is 19.7. The lowest BCUT2D eigenvalue weighted by molar-refractivity contribution is 0.00355. The van der Waals surface area contributed by atoms with Crippen LogP contribution in [0.5, 0.6) is 0 Å². The summed E-state index contributed by atoms with van der Waals surface area (Å²) in [6.07, 6.45) is 4.99. The number of aromatic nitrogens is 3. The summed E-state index contributed by atoms with van der Waals surface area (Å²) >= 11 is 0. The van der Waals surface area contributed by atoms with E-state index in [1.807, 2.05) is 24.3 Å². The summed E-state index contributed by atoms with van der Waals surface area (Å²) in [6.45, 7) is 3.95. The van der Waals surface area contributed by atoms with Gasteiger partial charge in [-0.15, -0.1) is 0 Å². The minimum absolute atomic E-state index is 0.0175. The van der Waals surface area contributed by atoms with E-state index in [-0.39, 0.29) is 30.1 Å². The molecule has 0 spiro atoms. The molecule has 3 aromatic heterocycles. The number of ether oxygens (including phenoxy) is 1. The van der Waals surface area contributed by atoms with E-state index < -0.39 is 0 Å². The van der Waals surface area contributed by atoms with Gasteiger partial charge in [-0.05, 0) is 42.3 Å². The zero-order chi connectivity index (χ0) is 24.8. The van der Waals surface area contributed by atoms with E-state index in [2.05, 4.69) is 25.5 Å². The molecule has 1 fully saturated rings. The maximum Gasteiger partial charge on any atom is 0.254 e. The molecule has 1 atom stereocenters. The molecule has 6 rings (SSSR count). The standard InChI is InChI=1S/C26H25FN6O3/c1-15-6-7-33-21(12-29-25(33)24(15)27)18-3-4-20(23-19(18)11-30-26(23)35)31-22-5-2-16(10-28-22)32-8-9-36-17(13-32)14-34/h2-7,10,12,17,34H,8-9,11,13-14H2,1H3,(H,28,31)(H,30,35)/t17-/m1/s1. The van der Waals surface area contributed by atoms with Crippen LogP contribution in [-0.2, 0) is 11.3 Å². The number of pyridine rings is 2. The highest BCUT2D eigenvalue weighted by Crippen LogP contribution is 2.36. The molecule has 5 heterocycles. The van der Waals surface area contributed by atoms with Crippen molar-refractivity contribution < 1.29 is 19.0 Å². The normalized spacial score (nSPS) is 17.4. The van der Waals surface area contributed by atoms with Crippen LogP contribution in [0.15, 0.2) is 48.9 Å². The number of carbonyl (C=O) groups is 1. The Labute approximate surface area is 206 Å². The van der Waals surface area contributed by atoms with Gasteiger partial charge in [0.05, 0.1) is 54.3 Å². The molecule has 36 heavy (non-hydrogen) atoms. The number of nitrogens with zero attached hydrogens (tertiary/aromatic N) is 4. The topological polar surface area (TPSA) is 104 Å². The third-order valence-electron chi connectivity index (χ3n) is 6.77. The second-order valence-electron chi connectivity index (χ2n) is 8.99. The van der Waals surface area contributed by atoms with Crippen molar-refractivity contribution in [3.05, 3.63) is 71.4 Å². The van der Waals surface area contributed by atoms with Crippen LogP contribution < -0.4 is 15.5 Å². The van der Waals surface area contributed by atoms with Crippen molar-refractivity contribution in [2.45, 2.75) is 19.6 Å². The molecule has 4 aromatic rings. The van der Waals surface area contributed by atoms with Gasteiger partial charge in [0.15, 0.2) is 11.5 Å². The Balaban J connectivity index is 1.31. The van der Waals surface area contributed by atoms with E-state index in [0.29, 0.717) is 42.3 Å². The number of anilines is 3. The first kappa shape index (κ1) is 22.4. The highest BCUT2D eigenvalue weighted by molar-refractivity contribution is 6.06. The van der Waals surface area contributed by atoms with Crippen LogP contribution in [-0.4, -0.2) is 57.8 Å². The molecule has 1 aromatic carbocycles. The Morgan fingerprint density at radius 3 is 2.92 bits per heavy atom. The van der Waals surface area contributed by atoms with Crippen molar-refractivity contribution in [3.8, 4) is 11.3 Å². The number of imidazole rings is 1. The van der Waals surface area contributed by atoms with Gasteiger partial charge in [0.25, 0.3) is 5.91 Å². The summed E-state index contributed by atoms with van der Waals surface area (Å²) in [5.41, 5.74) is 5.28. The maximum atomic E-state index is 14.6. The SMILES string of the molecule is Cc1ccn2c(-c3ccc(Nc4ccc(N5CCO[C@@H](CO)C5)cn4)c4c3CNC4=O)cnc2c1F. The van der Waals surface area contributed by atoms with Gasteiger partial charge in [0, 0.05) is 31.4 Å². The molecule has 0 radical (unpaired) electrons. The van der Waals surface area contributed by atoms with Crippen molar-refractivity contribution in [3.63, 3.8) is 0 Å². The number of hydrogen-bond donors (Lipinski definition) is 3. The minimum atomic E-state index is -0.355. The molecule has 0 unspecified atom stereocenters. The van der Waals surface area contributed by atoms with E-state index >= 15 is 0 Å². The van der Waals surface area contributed by atoms with Crippen molar-refractivity contribution in [1.82, 2.24) is 19.7 Å². The van der Waals surface area contributed by atoms with Crippen molar-refractivity contribution in [2.24, 2.45) is 0 Å². The average Bonchev–Trinajstić information content (AvgIpc) is 3.52. The Bertz CT molecular complexity index is 1470. The van der Waals surface area contributed by atoms with Crippen LogP contribution in [0.4, 0.5) is 21.6 Å². The number of fused-ring (bicyclic) bond motifs is 2. The number of amides is 1. The molecule has 0 bridgehead atoms. The Morgan fingerprint density at radius 1 is 1.22 bits per heavy atom. The molecular weight excluding hydrogens is 463 g/mol. The second-order valence-corrected chi connectivity index (χ2v) is 8.99. The van der Waals surface area contributed by atoms with Crippen molar-refractivity contribution in [1.29, 1.82) is 0 Å². The molecule has 2 aliphatic heterocycles. The number of aliphatic hydroxyl groups excluding tert-OH is 1. The monoisotopic (exact) mass is 488 g/mol. The molecule has 9 nitrogen and oxygen atoms in total. The summed E-state index contributed by atoms with van der Waals surface area (Å²) in [4.78, 5) is 23.7. The van der Waals surface area contributed by atoms with Gasteiger partial charge in [-0.1, -0.05) is 6.07 Å². The van der Waals surface area contributed by atoms with Crippen molar-refractivity contribution >= 4 is 28.7 Å². The number of benzene rings is 1. The number of morpholine rings is 1. The summed E-state index contributed by atoms with van der Waals surface area (Å²) in [6, 6.07) is 9.29. The van der Waals surface area contributed by atoms with Gasteiger partial charge in [0.2, 0.25) is 0 Å². The highest BCUT2D eigenvalue weighted by Gasteiger charge is 2.28. The lowest BCUT2D eigenvalue weighted by atomic mass is 9.99. The highest BCUT2D eigenvalue weighted by atomic mass is 19.1. The number of aryl methyl sites for hydroxylation is 1. The predicted octanol–water partition coefficient (Wildman–Crippen LogP) is 3.03. The minimum Gasteiger partial charge on any atom is -0.394 e. The number of carbonyl (C=O) groups excluding carboxylic acids is 1. The molecule has 3 N–H and O–H groups in total. The lowest BCUT2D eigenvalue weighted by Crippen LogP contribution is -2.44. The lowest BCUT2D eigenvalue weighted by Gasteiger charge is -2.33. The summed E-state index contributed by atoms with van der Waals surface area (Å²) in [5, 5.41) is 15.6. The first-order valence-electron chi connectivity index (χ1n) is 11.8. The summed E-state index contributed by atoms with van der Waals surface area (Å²) in [5.74, 6) is 0.0734. The van der Waals surface area contributed by atoms with E-state index in [9.17, 15) is 14.3 Å². The van der Waals surface area contributed by atoms with Gasteiger partial charge in [-0.25, -0.2) is 14.4 Å². The fourth-order valence-electron chi connectivity index (χ4n) is 4.85. The van der Waals surface area contributed by atoms with Crippen LogP contribution in [0, 0.1) is 12.7 Å². The smallest absolute Gasteiger partial charge is 0.254 e. The van der Waals surface area contributed by atoms with E-state index in [1.165, 1.54) is 0 Å². The number of nitrogens with one attached hydrogen (secondary N) is 2. The van der Waals surface area contributed by atoms with Gasteiger partial charge >= 0.3 is 0 Å². The first-order valence-corrected chi connectivity index (χ1v) is 11.8. The quantitative estimate of drug-likeness (QED) is 0.397. The number of halogens is 1. The van der Waals surface area contributed by atoms with Gasteiger partial charge in [-0.2, -0.15) is 0 Å². The van der Waals surface area contributed by atoms with E-state index in [1.54, 1.807) is 36.0 Å². The predicted molar refractivity (Wildman–Crippen MR) is 133 cm³/mol. The van der Waals surface area contributed by atoms with Gasteiger partial charge < -0.3 is 25.4 Å². The Kier molecular flexibility index (Phi) is 5.54. The number of hydrogen-bond acceptors (Lipinski definition) is 7. The molecule has 1 amide bonds. The fraction of sp³-hybridized carbons (Fsp3) is 0.269. The Morgan fingerprint density at radius 2 is 2.11 bits per heavy atom. The van der Waals surface area contributed by atoms with Crippen LogP contribution in [0.2, 0.25) is 0 Å². The largest absolute Gasteiger partial charge is 0.394 e. The van der Waals surface area contributed by atoms with Crippen LogP contribution in [0.25, 0.3) is 16.9 Å². The summed E-state index contributed by atoms with van der Waals surface area (Å²) < 4.78 is 21.8. The molecular formula is C26H25FN6O3. The number of rotatable bonds is 5. The van der Waals surface area contributed by atoms with Crippen LogP contribution in [0.1, 0.15) is 21.5 Å². The molecule has 0 aliphatic carbocycles. The summed E-state index contributed by atoms with van der Waals surface area (Å²) in [7, 11) is 0. The van der Waals surface area contributed by atoms with Crippen LogP contribution >= 0.6 is 0 Å².